The number of nitrogens with one attached hydrogen (secondary N) is 2. The summed E-state index contributed by atoms with van der Waals surface area (Å²) in [5, 5.41) is 7.20. The first kappa shape index (κ1) is 23.2. The molecule has 0 bridgehead atoms. The molecule has 2 atom stereocenters. The van der Waals surface area contributed by atoms with Crippen LogP contribution in [0.25, 0.3) is 5.70 Å². The van der Waals surface area contributed by atoms with Crippen LogP contribution in [0.5, 0.6) is 0 Å². The van der Waals surface area contributed by atoms with Gasteiger partial charge in [-0.05, 0) is 61.2 Å². The van der Waals surface area contributed by atoms with Crippen molar-refractivity contribution in [1.82, 2.24) is 5.32 Å². The second-order valence-electron chi connectivity index (χ2n) is 8.16. The molecular weight excluding hydrogens is 394 g/mol. The summed E-state index contributed by atoms with van der Waals surface area (Å²) in [7, 11) is 0. The molecule has 0 fully saturated rings. The summed E-state index contributed by atoms with van der Waals surface area (Å²) in [6, 6.07) is 24.0. The van der Waals surface area contributed by atoms with E-state index in [-0.39, 0.29) is 12.1 Å². The van der Waals surface area contributed by atoms with Gasteiger partial charge in [-0.15, -0.1) is 0 Å². The Morgan fingerprint density at radius 1 is 0.938 bits per heavy atom. The zero-order valence-electron chi connectivity index (χ0n) is 19.0. The van der Waals surface area contributed by atoms with Gasteiger partial charge in [-0.1, -0.05) is 55.5 Å². The number of benzene rings is 3. The van der Waals surface area contributed by atoms with E-state index in [9.17, 15) is 0 Å². The fraction of sp³-hybridized carbons (Fsp3) is 0.259. The number of hydrogen-bond acceptors (Lipinski definition) is 5. The fourth-order valence-electron chi connectivity index (χ4n) is 3.76. The van der Waals surface area contributed by atoms with Gasteiger partial charge < -0.3 is 27.8 Å². The molecular formula is C27H35N5. The maximum Gasteiger partial charge on any atom is 0.0506 e. The van der Waals surface area contributed by atoms with E-state index in [1.807, 2.05) is 48.5 Å². The molecule has 0 radical (unpaired) electrons. The summed E-state index contributed by atoms with van der Waals surface area (Å²) in [4.78, 5) is 0. The predicted octanol–water partition coefficient (Wildman–Crippen LogP) is 4.93. The maximum atomic E-state index is 6.54. The maximum absolute atomic E-state index is 6.54. The summed E-state index contributed by atoms with van der Waals surface area (Å²) in [6.07, 6.45) is 3.85. The van der Waals surface area contributed by atoms with E-state index in [2.05, 4.69) is 54.8 Å². The third-order valence-corrected chi connectivity index (χ3v) is 5.45. The summed E-state index contributed by atoms with van der Waals surface area (Å²) in [6.45, 7) is 5.26. The van der Waals surface area contributed by atoms with Crippen molar-refractivity contribution in [3.8, 4) is 0 Å². The monoisotopic (exact) mass is 429 g/mol. The highest BCUT2D eigenvalue weighted by Crippen LogP contribution is 2.27. The Kier molecular flexibility index (Phi) is 8.17. The van der Waals surface area contributed by atoms with Crippen molar-refractivity contribution in [2.24, 2.45) is 5.73 Å². The molecule has 0 heterocycles. The van der Waals surface area contributed by atoms with E-state index >= 15 is 0 Å². The number of para-hydroxylation sites is 2. The van der Waals surface area contributed by atoms with Crippen LogP contribution < -0.4 is 27.8 Å². The fourth-order valence-corrected chi connectivity index (χ4v) is 3.76. The Hall–Kier alpha value is -3.44. The third kappa shape index (κ3) is 6.28. The molecule has 0 spiro atoms. The molecule has 0 aliphatic carbocycles. The minimum Gasteiger partial charge on any atom is -0.399 e. The van der Waals surface area contributed by atoms with Crippen molar-refractivity contribution < 1.29 is 0 Å². The molecule has 0 aliphatic rings. The lowest BCUT2D eigenvalue weighted by Gasteiger charge is -2.23. The van der Waals surface area contributed by atoms with E-state index < -0.39 is 0 Å². The summed E-state index contributed by atoms with van der Waals surface area (Å²) in [5.74, 6) is 0. The Labute approximate surface area is 191 Å². The Morgan fingerprint density at radius 3 is 2.34 bits per heavy atom. The molecule has 3 aromatic carbocycles. The van der Waals surface area contributed by atoms with Crippen molar-refractivity contribution in [3.05, 3.63) is 95.6 Å². The highest BCUT2D eigenvalue weighted by molar-refractivity contribution is 5.74. The van der Waals surface area contributed by atoms with Gasteiger partial charge in [-0.3, -0.25) is 0 Å². The molecule has 2 unspecified atom stereocenters. The van der Waals surface area contributed by atoms with Crippen LogP contribution in [0.15, 0.2) is 78.9 Å². The minimum atomic E-state index is -0.179. The van der Waals surface area contributed by atoms with Gasteiger partial charge >= 0.3 is 0 Å². The van der Waals surface area contributed by atoms with Crippen molar-refractivity contribution in [1.29, 1.82) is 0 Å². The molecule has 0 aliphatic heterocycles. The van der Waals surface area contributed by atoms with Crippen LogP contribution in [0.2, 0.25) is 0 Å². The van der Waals surface area contributed by atoms with Gasteiger partial charge in [0.15, 0.2) is 0 Å². The highest BCUT2D eigenvalue weighted by Gasteiger charge is 2.15. The molecule has 8 N–H and O–H groups in total. The van der Waals surface area contributed by atoms with E-state index in [4.69, 9.17) is 17.2 Å². The van der Waals surface area contributed by atoms with Crippen LogP contribution >= 0.6 is 0 Å². The highest BCUT2D eigenvalue weighted by atomic mass is 14.9. The van der Waals surface area contributed by atoms with Crippen LogP contribution in [-0.4, -0.2) is 12.6 Å². The molecule has 32 heavy (non-hydrogen) atoms. The normalized spacial score (nSPS) is 13.4. The van der Waals surface area contributed by atoms with E-state index in [0.717, 1.165) is 46.9 Å². The van der Waals surface area contributed by atoms with Crippen LogP contribution in [0.3, 0.4) is 0 Å². The van der Waals surface area contributed by atoms with Gasteiger partial charge in [-0.2, -0.15) is 0 Å². The lowest BCUT2D eigenvalue weighted by molar-refractivity contribution is 0.695. The number of nitrogen functional groups attached to an aromatic ring is 2. The molecule has 0 aromatic heterocycles. The van der Waals surface area contributed by atoms with E-state index in [1.54, 1.807) is 0 Å². The van der Waals surface area contributed by atoms with Crippen LogP contribution in [0.1, 0.15) is 43.0 Å². The molecule has 5 heteroatoms. The quantitative estimate of drug-likeness (QED) is 0.294. The van der Waals surface area contributed by atoms with E-state index in [1.165, 1.54) is 5.56 Å². The summed E-state index contributed by atoms with van der Waals surface area (Å²) >= 11 is 0. The van der Waals surface area contributed by atoms with Crippen LogP contribution in [0, 0.1) is 0 Å². The van der Waals surface area contributed by atoms with E-state index in [0.29, 0.717) is 6.42 Å². The van der Waals surface area contributed by atoms with Gasteiger partial charge in [0.1, 0.15) is 0 Å². The molecule has 0 saturated carbocycles. The lowest BCUT2D eigenvalue weighted by atomic mass is 10.0. The van der Waals surface area contributed by atoms with Gasteiger partial charge in [0.2, 0.25) is 0 Å². The van der Waals surface area contributed by atoms with Gasteiger partial charge in [0, 0.05) is 40.9 Å². The van der Waals surface area contributed by atoms with Crippen molar-refractivity contribution in [2.45, 2.75) is 38.8 Å². The molecule has 168 valence electrons. The molecule has 3 rings (SSSR count). The first-order valence-corrected chi connectivity index (χ1v) is 11.2. The van der Waals surface area contributed by atoms with Crippen LogP contribution in [0.4, 0.5) is 17.1 Å². The Morgan fingerprint density at radius 2 is 1.62 bits per heavy atom. The predicted molar refractivity (Wildman–Crippen MR) is 138 cm³/mol. The topological polar surface area (TPSA) is 102 Å². The minimum absolute atomic E-state index is 0.0603. The zero-order chi connectivity index (χ0) is 22.9. The second kappa shape index (κ2) is 11.3. The van der Waals surface area contributed by atoms with Gasteiger partial charge in [0.25, 0.3) is 0 Å². The Balaban J connectivity index is 1.87. The van der Waals surface area contributed by atoms with Crippen LogP contribution in [-0.2, 0) is 6.42 Å². The molecule has 0 amide bonds. The average molecular weight is 430 g/mol. The van der Waals surface area contributed by atoms with Gasteiger partial charge in [-0.25, -0.2) is 0 Å². The smallest absolute Gasteiger partial charge is 0.0506 e. The number of anilines is 3. The molecule has 0 saturated heterocycles. The average Bonchev–Trinajstić information content (AvgIpc) is 2.79. The van der Waals surface area contributed by atoms with Crippen molar-refractivity contribution in [2.75, 3.05) is 23.3 Å². The molecule has 5 nitrogen and oxygen atoms in total. The molecule has 3 aromatic rings. The lowest BCUT2D eigenvalue weighted by Crippen LogP contribution is -2.25. The second-order valence-corrected chi connectivity index (χ2v) is 8.16. The van der Waals surface area contributed by atoms with Crippen molar-refractivity contribution in [3.63, 3.8) is 0 Å². The Bertz CT molecular complexity index is 1030. The summed E-state index contributed by atoms with van der Waals surface area (Å²) < 4.78 is 0. The number of nitrogens with two attached hydrogens (primary N) is 3. The number of hydrogen-bond donors (Lipinski definition) is 5. The first-order chi connectivity index (χ1) is 15.5. The first-order valence-electron chi connectivity index (χ1n) is 11.2. The largest absolute Gasteiger partial charge is 0.399 e. The number of rotatable bonds is 10. The third-order valence-electron chi connectivity index (χ3n) is 5.45. The SMILES string of the molecule is CCCNc1ccccc1C(C)N/C(=C/C(N)Cc1ccc(N)cc1)c1ccccc1N. The standard InChI is InChI=1S/C27H35N5/c1-3-16-31-26-11-7-5-8-23(26)19(2)32-27(24-9-4-6-10-25(24)30)18-22(29)17-20-12-14-21(28)15-13-20/h4-15,18-19,22,31-32H,3,16-17,28-30H2,1-2H3/b27-18+. The summed E-state index contributed by atoms with van der Waals surface area (Å²) in [5.41, 5.74) is 25.5. The zero-order valence-corrected chi connectivity index (χ0v) is 19.0. The van der Waals surface area contributed by atoms with Crippen molar-refractivity contribution >= 4 is 22.8 Å². The van der Waals surface area contributed by atoms with Gasteiger partial charge in [0.05, 0.1) is 6.04 Å².